The second-order valence-electron chi connectivity index (χ2n) is 3.65. The molecule has 1 heterocycles. The van der Waals surface area contributed by atoms with E-state index in [2.05, 4.69) is 5.32 Å². The van der Waals surface area contributed by atoms with E-state index in [1.165, 1.54) is 7.11 Å². The molecule has 0 fully saturated rings. The summed E-state index contributed by atoms with van der Waals surface area (Å²) in [4.78, 5) is 11.5. The van der Waals surface area contributed by atoms with Gasteiger partial charge in [-0.25, -0.2) is 0 Å². The highest BCUT2D eigenvalue weighted by Crippen LogP contribution is 2.31. The fraction of sp³-hybridized carbons (Fsp3) is 0.154. The average Bonchev–Trinajstić information content (AvgIpc) is 2.85. The Labute approximate surface area is 110 Å². The first-order valence-corrected chi connectivity index (χ1v) is 5.70. The quantitative estimate of drug-likeness (QED) is 0.924. The maximum absolute atomic E-state index is 11.5. The van der Waals surface area contributed by atoms with Gasteiger partial charge < -0.3 is 14.5 Å². The summed E-state index contributed by atoms with van der Waals surface area (Å²) < 4.78 is 10.1. The summed E-state index contributed by atoms with van der Waals surface area (Å²) in [6.07, 6.45) is 1.57. The standard InChI is InChI=1S/C13H12ClNO3/c1-17-8-13(16)15-11-5-4-9(14)7-10(11)12-3-2-6-18-12/h2-7H,8H2,1H3,(H,15,16). The number of furan rings is 1. The number of rotatable bonds is 4. The molecule has 0 aliphatic heterocycles. The van der Waals surface area contributed by atoms with E-state index in [0.29, 0.717) is 16.5 Å². The summed E-state index contributed by atoms with van der Waals surface area (Å²) >= 11 is 5.95. The lowest BCUT2D eigenvalue weighted by Crippen LogP contribution is -2.17. The zero-order valence-corrected chi connectivity index (χ0v) is 10.5. The van der Waals surface area contributed by atoms with Crippen molar-refractivity contribution in [2.24, 2.45) is 0 Å². The van der Waals surface area contributed by atoms with Gasteiger partial charge in [0.1, 0.15) is 12.4 Å². The summed E-state index contributed by atoms with van der Waals surface area (Å²) in [6.45, 7) is 0.000219. The molecule has 0 spiro atoms. The Bertz CT molecular complexity index is 537. The van der Waals surface area contributed by atoms with Gasteiger partial charge in [-0.1, -0.05) is 11.6 Å². The van der Waals surface area contributed by atoms with Crippen LogP contribution in [0.2, 0.25) is 5.02 Å². The fourth-order valence-electron chi connectivity index (χ4n) is 1.58. The number of benzene rings is 1. The van der Waals surface area contributed by atoms with Gasteiger partial charge in [0.2, 0.25) is 5.91 Å². The Morgan fingerprint density at radius 3 is 2.94 bits per heavy atom. The van der Waals surface area contributed by atoms with Crippen molar-refractivity contribution in [3.05, 3.63) is 41.6 Å². The van der Waals surface area contributed by atoms with Crippen LogP contribution in [0.25, 0.3) is 11.3 Å². The van der Waals surface area contributed by atoms with Crippen LogP contribution in [-0.2, 0) is 9.53 Å². The molecule has 0 bridgehead atoms. The van der Waals surface area contributed by atoms with E-state index in [4.69, 9.17) is 20.8 Å². The molecular formula is C13H12ClNO3. The average molecular weight is 266 g/mol. The van der Waals surface area contributed by atoms with Crippen LogP contribution in [0, 0.1) is 0 Å². The molecule has 0 unspecified atom stereocenters. The molecule has 0 atom stereocenters. The minimum absolute atomic E-state index is 0.000219. The third-order valence-corrected chi connectivity index (χ3v) is 2.55. The third-order valence-electron chi connectivity index (χ3n) is 2.32. The van der Waals surface area contributed by atoms with Gasteiger partial charge in [-0.3, -0.25) is 4.79 Å². The van der Waals surface area contributed by atoms with Crippen molar-refractivity contribution >= 4 is 23.2 Å². The molecule has 1 aromatic carbocycles. The molecule has 1 amide bonds. The molecule has 18 heavy (non-hydrogen) atoms. The molecule has 1 aromatic heterocycles. The fourth-order valence-corrected chi connectivity index (χ4v) is 1.75. The first kappa shape index (κ1) is 12.7. The number of carbonyl (C=O) groups is 1. The van der Waals surface area contributed by atoms with Gasteiger partial charge in [0, 0.05) is 17.7 Å². The van der Waals surface area contributed by atoms with Crippen molar-refractivity contribution in [1.82, 2.24) is 0 Å². The van der Waals surface area contributed by atoms with Crippen molar-refractivity contribution in [3.8, 4) is 11.3 Å². The summed E-state index contributed by atoms with van der Waals surface area (Å²) in [7, 11) is 1.47. The number of halogens is 1. The van der Waals surface area contributed by atoms with Gasteiger partial charge in [0.15, 0.2) is 0 Å². The number of nitrogens with one attached hydrogen (secondary N) is 1. The highest BCUT2D eigenvalue weighted by atomic mass is 35.5. The predicted octanol–water partition coefficient (Wildman–Crippen LogP) is 3.18. The lowest BCUT2D eigenvalue weighted by Gasteiger charge is -2.09. The molecule has 0 aliphatic rings. The summed E-state index contributed by atoms with van der Waals surface area (Å²) in [5.41, 5.74) is 1.37. The van der Waals surface area contributed by atoms with E-state index in [0.717, 1.165) is 5.56 Å². The Morgan fingerprint density at radius 2 is 2.28 bits per heavy atom. The number of hydrogen-bond acceptors (Lipinski definition) is 3. The van der Waals surface area contributed by atoms with E-state index < -0.39 is 0 Å². The van der Waals surface area contributed by atoms with Crippen molar-refractivity contribution in [2.45, 2.75) is 0 Å². The largest absolute Gasteiger partial charge is 0.464 e. The molecule has 4 nitrogen and oxygen atoms in total. The Morgan fingerprint density at radius 1 is 1.44 bits per heavy atom. The van der Waals surface area contributed by atoms with E-state index in [1.54, 1.807) is 36.6 Å². The predicted molar refractivity (Wildman–Crippen MR) is 69.7 cm³/mol. The van der Waals surface area contributed by atoms with E-state index >= 15 is 0 Å². The van der Waals surface area contributed by atoms with Crippen molar-refractivity contribution in [2.75, 3.05) is 19.0 Å². The van der Waals surface area contributed by atoms with E-state index in [9.17, 15) is 4.79 Å². The van der Waals surface area contributed by atoms with Gasteiger partial charge >= 0.3 is 0 Å². The van der Waals surface area contributed by atoms with Crippen LogP contribution in [0.1, 0.15) is 0 Å². The second-order valence-corrected chi connectivity index (χ2v) is 4.08. The first-order valence-electron chi connectivity index (χ1n) is 5.33. The number of anilines is 1. The highest BCUT2D eigenvalue weighted by molar-refractivity contribution is 6.31. The molecule has 0 aliphatic carbocycles. The third kappa shape index (κ3) is 2.91. The molecule has 0 radical (unpaired) electrons. The Hall–Kier alpha value is -1.78. The van der Waals surface area contributed by atoms with Gasteiger partial charge in [0.25, 0.3) is 0 Å². The lowest BCUT2D eigenvalue weighted by molar-refractivity contribution is -0.119. The molecular weight excluding hydrogens is 254 g/mol. The highest BCUT2D eigenvalue weighted by Gasteiger charge is 2.11. The summed E-state index contributed by atoms with van der Waals surface area (Å²) in [6, 6.07) is 8.75. The summed E-state index contributed by atoms with van der Waals surface area (Å²) in [5.74, 6) is 0.415. The molecule has 5 heteroatoms. The molecule has 2 rings (SSSR count). The molecule has 2 aromatic rings. The smallest absolute Gasteiger partial charge is 0.250 e. The molecule has 0 saturated heterocycles. The van der Waals surface area contributed by atoms with Crippen LogP contribution in [0.15, 0.2) is 41.0 Å². The molecule has 0 saturated carbocycles. The van der Waals surface area contributed by atoms with Crippen LogP contribution in [0.3, 0.4) is 0 Å². The van der Waals surface area contributed by atoms with Gasteiger partial charge in [-0.05, 0) is 30.3 Å². The second kappa shape index (κ2) is 5.71. The monoisotopic (exact) mass is 265 g/mol. The van der Waals surface area contributed by atoms with E-state index in [1.807, 2.05) is 0 Å². The Kier molecular flexibility index (Phi) is 4.02. The zero-order chi connectivity index (χ0) is 13.0. The lowest BCUT2D eigenvalue weighted by atomic mass is 10.1. The van der Waals surface area contributed by atoms with Crippen LogP contribution in [0.5, 0.6) is 0 Å². The van der Waals surface area contributed by atoms with E-state index in [-0.39, 0.29) is 12.5 Å². The van der Waals surface area contributed by atoms with Gasteiger partial charge in [-0.15, -0.1) is 0 Å². The van der Waals surface area contributed by atoms with Crippen LogP contribution in [-0.4, -0.2) is 19.6 Å². The van der Waals surface area contributed by atoms with Gasteiger partial charge in [-0.2, -0.15) is 0 Å². The number of methoxy groups -OCH3 is 1. The topological polar surface area (TPSA) is 51.5 Å². The van der Waals surface area contributed by atoms with Crippen molar-refractivity contribution in [1.29, 1.82) is 0 Å². The van der Waals surface area contributed by atoms with Crippen LogP contribution in [0.4, 0.5) is 5.69 Å². The SMILES string of the molecule is COCC(=O)Nc1ccc(Cl)cc1-c1ccco1. The van der Waals surface area contributed by atoms with Gasteiger partial charge in [0.05, 0.1) is 12.0 Å². The number of hydrogen-bond donors (Lipinski definition) is 1. The first-order chi connectivity index (χ1) is 8.70. The number of amides is 1. The maximum Gasteiger partial charge on any atom is 0.250 e. The van der Waals surface area contributed by atoms with Crippen LogP contribution < -0.4 is 5.32 Å². The molecule has 1 N–H and O–H groups in total. The normalized spacial score (nSPS) is 10.3. The zero-order valence-electron chi connectivity index (χ0n) is 9.77. The maximum atomic E-state index is 11.5. The number of ether oxygens (including phenoxy) is 1. The minimum atomic E-state index is -0.229. The van der Waals surface area contributed by atoms with Crippen molar-refractivity contribution < 1.29 is 13.9 Å². The number of carbonyl (C=O) groups excluding carboxylic acids is 1. The molecule has 94 valence electrons. The Balaban J connectivity index is 2.32. The summed E-state index contributed by atoms with van der Waals surface area (Å²) in [5, 5.41) is 3.32. The minimum Gasteiger partial charge on any atom is -0.464 e. The van der Waals surface area contributed by atoms with Crippen LogP contribution >= 0.6 is 11.6 Å². The van der Waals surface area contributed by atoms with Crippen molar-refractivity contribution in [3.63, 3.8) is 0 Å².